The van der Waals surface area contributed by atoms with Crippen molar-refractivity contribution >= 4 is 88.8 Å². The molecule has 43 heteroatoms. The number of hydrogen-bond acceptors (Lipinski definition) is 32. The number of anilines is 3. The molecule has 7 atom stereocenters. The molecule has 4 N–H and O–H groups in total. The number of aromatic nitrogens is 4. The van der Waals surface area contributed by atoms with Crippen LogP contribution in [-0.2, 0) is 78.7 Å². The van der Waals surface area contributed by atoms with E-state index in [2.05, 4.69) is 25.9 Å². The number of hydrogen-bond donors (Lipinski definition) is 4. The van der Waals surface area contributed by atoms with Crippen molar-refractivity contribution in [1.29, 1.82) is 0 Å². The van der Waals surface area contributed by atoms with Gasteiger partial charge in [-0.1, -0.05) is 66.7 Å². The first-order valence-electron chi connectivity index (χ1n) is 37.8. The maximum Gasteiger partial charge on any atom is 0.508 e. The van der Waals surface area contributed by atoms with Gasteiger partial charge in [0.2, 0.25) is 0 Å². The zero-order chi connectivity index (χ0) is 87.7. The van der Waals surface area contributed by atoms with Crippen LogP contribution in [0.1, 0.15) is 63.5 Å². The molecule has 5 heterocycles. The van der Waals surface area contributed by atoms with Gasteiger partial charge in [0.25, 0.3) is 28.4 Å². The number of aliphatic hydroxyl groups is 1. The van der Waals surface area contributed by atoms with E-state index < -0.39 is 130 Å². The van der Waals surface area contributed by atoms with Crippen LogP contribution in [-0.4, -0.2) is 144 Å². The van der Waals surface area contributed by atoms with Gasteiger partial charge < -0.3 is 48.0 Å². The van der Waals surface area contributed by atoms with E-state index in [1.807, 2.05) is 0 Å². The predicted octanol–water partition coefficient (Wildman–Crippen LogP) is 12.5. The molecular weight excluding hydrogens is 1650 g/mol. The van der Waals surface area contributed by atoms with E-state index in [1.165, 1.54) is 170 Å². The van der Waals surface area contributed by atoms with Crippen molar-refractivity contribution in [2.75, 3.05) is 62.2 Å². The molecule has 1 unspecified atom stereocenters. The van der Waals surface area contributed by atoms with E-state index >= 15 is 4.57 Å². The van der Waals surface area contributed by atoms with Gasteiger partial charge in [-0.05, 0) is 88.3 Å². The molecule has 124 heavy (non-hydrogen) atoms. The molecule has 13 rings (SSSR count). The molecule has 0 bridgehead atoms. The molecule has 7 aromatic carbocycles. The molecule has 2 aromatic heterocycles. The second-order valence-corrected chi connectivity index (χ2v) is 29.3. The normalized spacial score (nSPS) is 16.5. The minimum absolute atomic E-state index is 0.00297. The van der Waals surface area contributed by atoms with E-state index in [1.54, 1.807) is 30.3 Å². The van der Waals surface area contributed by atoms with Crippen molar-refractivity contribution in [3.8, 4) is 28.2 Å². The van der Waals surface area contributed by atoms with Crippen LogP contribution in [0.5, 0.6) is 5.75 Å². The standard InChI is InChI=1S/C81H71N12O30P/c94-46-69-68(123-124(112,117-40-33-52-9-20-58(21-10-52)93(110)111)118-47-70-67(122-81(101)116-39-32-51-7-18-57(19-8-51)92(108)109)44-73(121-70)87-35-28-72(85-79(87)99)86-80(100)115-38-31-50-5-16-56(17-6-50)91(106)107)45-74(120-69)88-34-27-71(84-78(88)98)83-77(97)82-53-11-24-61(64(41-53)76(96)114-37-30-49-3-14-55(15-4-49)90(104)105)75-62-25-22-59(95)42-65(62)119-66-43-60(23-26-63(66)75)113-36-29-48-1-12-54(13-2-48)89(102)103/h1-28,34-35,41-43,67-70,73-74,94H,29-33,36-40,44-47H2,(H,85,86,99,100)(H2,82,83,84,97,98)/t67-,68-,69+,70+,73+,74+,124?/m0/s1. The second kappa shape index (κ2) is 39.5. The lowest BCUT2D eigenvalue weighted by Gasteiger charge is -2.25. The number of benzene rings is 8. The van der Waals surface area contributed by atoms with E-state index in [0.29, 0.717) is 50.9 Å². The van der Waals surface area contributed by atoms with Crippen LogP contribution in [0.2, 0.25) is 0 Å². The van der Waals surface area contributed by atoms with E-state index in [9.17, 15) is 89.2 Å². The minimum Gasteiger partial charge on any atom is -0.493 e. The van der Waals surface area contributed by atoms with Crippen LogP contribution in [0.15, 0.2) is 219 Å². The number of amides is 3. The highest BCUT2D eigenvalue weighted by atomic mass is 31.2. The van der Waals surface area contributed by atoms with Gasteiger partial charge in [-0.25, -0.2) is 33.3 Å². The van der Waals surface area contributed by atoms with E-state index in [4.69, 9.17) is 51.1 Å². The summed E-state index contributed by atoms with van der Waals surface area (Å²) in [7, 11) is -5.06. The maximum absolute atomic E-state index is 15.3. The zero-order valence-corrected chi connectivity index (χ0v) is 65.6. The average Bonchev–Trinajstić information content (AvgIpc) is 1.08. The Morgan fingerprint density at radius 1 is 0.500 bits per heavy atom. The van der Waals surface area contributed by atoms with Gasteiger partial charge in [0.1, 0.15) is 65.6 Å². The smallest absolute Gasteiger partial charge is 0.493 e. The first-order valence-corrected chi connectivity index (χ1v) is 39.3. The minimum atomic E-state index is -5.06. The van der Waals surface area contributed by atoms with Crippen LogP contribution in [0.25, 0.3) is 33.4 Å². The van der Waals surface area contributed by atoms with Crippen LogP contribution in [0.3, 0.4) is 0 Å². The number of carbonyl (C=O) groups excluding carboxylic acids is 4. The average molecular weight is 1720 g/mol. The Hall–Kier alpha value is -14.9. The Kier molecular flexibility index (Phi) is 27.7. The number of carbonyl (C=O) groups is 4. The topological polar surface area (TPSA) is 550 Å². The molecule has 1 aliphatic carbocycles. The van der Waals surface area contributed by atoms with Gasteiger partial charge in [0, 0.05) is 146 Å². The first kappa shape index (κ1) is 86.9. The van der Waals surface area contributed by atoms with Crippen LogP contribution < -0.4 is 37.5 Å². The fraction of sp³-hybridized carbons (Fsp3) is 0.247. The molecule has 0 radical (unpaired) electrons. The van der Waals surface area contributed by atoms with Crippen LogP contribution in [0, 0.1) is 50.6 Å². The Balaban J connectivity index is 0.709. The molecule has 2 saturated heterocycles. The molecule has 0 saturated carbocycles. The van der Waals surface area contributed by atoms with Crippen molar-refractivity contribution in [3.05, 3.63) is 316 Å². The van der Waals surface area contributed by atoms with Gasteiger partial charge in [-0.15, -0.1) is 0 Å². The van der Waals surface area contributed by atoms with Crippen molar-refractivity contribution < 1.29 is 105 Å². The summed E-state index contributed by atoms with van der Waals surface area (Å²) in [5.41, 5.74) is 0.885. The van der Waals surface area contributed by atoms with Gasteiger partial charge in [-0.3, -0.25) is 88.7 Å². The third-order valence-electron chi connectivity index (χ3n) is 19.5. The number of phosphoric ester groups is 1. The molecule has 640 valence electrons. The molecular formula is C81H71N12O30P. The largest absolute Gasteiger partial charge is 0.508 e. The summed E-state index contributed by atoms with van der Waals surface area (Å²) in [5.74, 6) is -1.01. The molecule has 0 spiro atoms. The number of aliphatic hydroxyl groups excluding tert-OH is 1. The second-order valence-electron chi connectivity index (χ2n) is 27.6. The summed E-state index contributed by atoms with van der Waals surface area (Å²) >= 11 is 0. The van der Waals surface area contributed by atoms with Crippen molar-refractivity contribution in [2.45, 2.75) is 81.8 Å². The third kappa shape index (κ3) is 22.4. The monoisotopic (exact) mass is 1720 g/mol. The van der Waals surface area contributed by atoms with Gasteiger partial charge >= 0.3 is 43.5 Å². The number of rotatable bonds is 36. The number of phosphoric acid groups is 1. The lowest BCUT2D eigenvalue weighted by Crippen LogP contribution is -2.32. The Morgan fingerprint density at radius 3 is 1.49 bits per heavy atom. The number of ether oxygens (including phenoxy) is 7. The number of nitro groups is 5. The number of fused-ring (bicyclic) bond motifs is 2. The van der Waals surface area contributed by atoms with Crippen LogP contribution in [0.4, 0.5) is 60.1 Å². The molecule has 3 aliphatic heterocycles. The zero-order valence-electron chi connectivity index (χ0n) is 64.7. The molecule has 2 fully saturated rings. The van der Waals surface area contributed by atoms with E-state index in [-0.39, 0.29) is 133 Å². The van der Waals surface area contributed by atoms with Gasteiger partial charge in [-0.2, -0.15) is 9.97 Å². The maximum atomic E-state index is 15.3. The highest BCUT2D eigenvalue weighted by molar-refractivity contribution is 7.48. The Bertz CT molecular complexity index is 6040. The van der Waals surface area contributed by atoms with Crippen LogP contribution >= 0.6 is 7.82 Å². The fourth-order valence-corrected chi connectivity index (χ4v) is 14.7. The fourth-order valence-electron chi connectivity index (χ4n) is 13.3. The number of nitro benzene ring substituents is 5. The molecule has 4 aliphatic rings. The Labute approximate surface area is 697 Å². The summed E-state index contributed by atoms with van der Waals surface area (Å²) in [6.07, 6.45) is -8.40. The number of nitrogens with one attached hydrogen (secondary N) is 3. The molecule has 9 aromatic rings. The number of urea groups is 1. The summed E-state index contributed by atoms with van der Waals surface area (Å²) < 4.78 is 82.0. The highest BCUT2D eigenvalue weighted by Gasteiger charge is 2.46. The summed E-state index contributed by atoms with van der Waals surface area (Å²) in [6.45, 7) is -2.69. The molecule has 42 nitrogen and oxygen atoms in total. The van der Waals surface area contributed by atoms with Crippen molar-refractivity contribution in [2.24, 2.45) is 0 Å². The quantitative estimate of drug-likeness (QED) is 0.00707. The van der Waals surface area contributed by atoms with Crippen molar-refractivity contribution in [3.63, 3.8) is 0 Å². The number of esters is 1. The lowest BCUT2D eigenvalue weighted by molar-refractivity contribution is -0.385. The number of non-ortho nitro benzene ring substituents is 5. The van der Waals surface area contributed by atoms with Crippen molar-refractivity contribution in [1.82, 2.24) is 19.1 Å². The lowest BCUT2D eigenvalue weighted by atomic mass is 9.90. The van der Waals surface area contributed by atoms with Gasteiger partial charge in [0.05, 0.1) is 76.4 Å². The third-order valence-corrected chi connectivity index (χ3v) is 21.0. The highest BCUT2D eigenvalue weighted by Crippen LogP contribution is 2.54. The number of nitrogens with zero attached hydrogens (tertiary/aromatic N) is 9. The SMILES string of the molecule is O=C(Nc1ccc(-c2c3ccc(=O)cc-3oc3cc(OCCc4ccc([N+](=O)[O-])cc4)ccc23)c(C(=O)OCCc2ccc([N+](=O)[O-])cc2)c1)Nc1ccn([C@H]2C[C@H](OP(=O)(OCCc3ccc([N+](=O)[O-])cc3)OC[C@H]3O[C@@H](n4ccc(NC(=O)OCCc5ccc([N+](=O)[O-])cc5)nc4=O)C[C@@H]3OC(=O)OCCc3ccc([N+](=O)[O-])cc3)[C@@H](CO)O2)c(=O)n1. The Morgan fingerprint density at radius 2 is 0.976 bits per heavy atom. The molecule has 3 amide bonds. The van der Waals surface area contributed by atoms with E-state index in [0.717, 1.165) is 14.7 Å². The van der Waals surface area contributed by atoms with Gasteiger partial charge in [0.15, 0.2) is 5.43 Å². The summed E-state index contributed by atoms with van der Waals surface area (Å²) in [4.78, 5) is 157. The summed E-state index contributed by atoms with van der Waals surface area (Å²) in [5, 5.41) is 75.0. The first-order chi connectivity index (χ1) is 59.7. The summed E-state index contributed by atoms with van der Waals surface area (Å²) in [6, 6.07) is 42.6. The predicted molar refractivity (Wildman–Crippen MR) is 434 cm³/mol.